The largest absolute Gasteiger partial charge is 0.497 e. The summed E-state index contributed by atoms with van der Waals surface area (Å²) in [6, 6.07) is 13.3. The number of aryl methyl sites for hydroxylation is 2. The molecule has 0 saturated heterocycles. The van der Waals surface area contributed by atoms with E-state index in [1.807, 2.05) is 6.07 Å². The highest BCUT2D eigenvalue weighted by Gasteiger charge is 2.23. The second-order valence-electron chi connectivity index (χ2n) is 5.28. The van der Waals surface area contributed by atoms with Crippen molar-refractivity contribution in [2.24, 2.45) is 0 Å². The Bertz CT molecular complexity index is 619. The maximum atomic E-state index is 5.27. The van der Waals surface area contributed by atoms with Crippen molar-refractivity contribution in [3.63, 3.8) is 0 Å². The van der Waals surface area contributed by atoms with Crippen LogP contribution in [-0.2, 0) is 6.42 Å². The van der Waals surface area contributed by atoms with Crippen LogP contribution in [0, 0.1) is 13.8 Å². The number of benzene rings is 2. The van der Waals surface area contributed by atoms with Crippen LogP contribution in [0.15, 0.2) is 36.4 Å². The fourth-order valence-electron chi connectivity index (χ4n) is 2.84. The average Bonchev–Trinajstić information content (AvgIpc) is 2.81. The average molecular weight is 253 g/mol. The van der Waals surface area contributed by atoms with Gasteiger partial charge in [-0.15, -0.1) is 0 Å². The lowest BCUT2D eigenvalue weighted by molar-refractivity contribution is 0.414. The Morgan fingerprint density at radius 1 is 1.11 bits per heavy atom. The fraction of sp³-hybridized carbons (Fsp3) is 0.294. The molecular formula is C17H19NO. The summed E-state index contributed by atoms with van der Waals surface area (Å²) in [6.45, 7) is 4.29. The van der Waals surface area contributed by atoms with Crippen LogP contribution in [0.4, 0.5) is 5.69 Å². The highest BCUT2D eigenvalue weighted by molar-refractivity contribution is 5.60. The Morgan fingerprint density at radius 3 is 2.68 bits per heavy atom. The summed E-state index contributed by atoms with van der Waals surface area (Å²) in [4.78, 5) is 0. The SMILES string of the molecule is COc1ccc(C2Cc3cc(C)ccc3N2)c(C)c1. The van der Waals surface area contributed by atoms with Gasteiger partial charge in [-0.05, 0) is 55.2 Å². The third-order valence-electron chi connectivity index (χ3n) is 3.87. The number of rotatable bonds is 2. The van der Waals surface area contributed by atoms with Gasteiger partial charge in [0.1, 0.15) is 5.75 Å². The minimum atomic E-state index is 0.378. The summed E-state index contributed by atoms with van der Waals surface area (Å²) in [5.41, 5.74) is 6.65. The van der Waals surface area contributed by atoms with E-state index in [9.17, 15) is 0 Å². The molecule has 1 heterocycles. The Morgan fingerprint density at radius 2 is 1.95 bits per heavy atom. The van der Waals surface area contributed by atoms with E-state index in [2.05, 4.69) is 49.5 Å². The number of fused-ring (bicyclic) bond motifs is 1. The van der Waals surface area contributed by atoms with Gasteiger partial charge in [-0.2, -0.15) is 0 Å². The van der Waals surface area contributed by atoms with E-state index >= 15 is 0 Å². The first-order chi connectivity index (χ1) is 9.17. The Hall–Kier alpha value is -1.96. The van der Waals surface area contributed by atoms with Gasteiger partial charge < -0.3 is 10.1 Å². The smallest absolute Gasteiger partial charge is 0.119 e. The predicted molar refractivity (Wildman–Crippen MR) is 79.0 cm³/mol. The van der Waals surface area contributed by atoms with Gasteiger partial charge >= 0.3 is 0 Å². The van der Waals surface area contributed by atoms with Crippen LogP contribution < -0.4 is 10.1 Å². The van der Waals surface area contributed by atoms with Gasteiger partial charge in [0.2, 0.25) is 0 Å². The molecule has 1 N–H and O–H groups in total. The molecule has 0 aliphatic carbocycles. The van der Waals surface area contributed by atoms with Gasteiger partial charge in [0.15, 0.2) is 0 Å². The zero-order chi connectivity index (χ0) is 13.4. The topological polar surface area (TPSA) is 21.3 Å². The molecule has 98 valence electrons. The van der Waals surface area contributed by atoms with Crippen LogP contribution in [0.25, 0.3) is 0 Å². The van der Waals surface area contributed by atoms with Crippen molar-refractivity contribution in [2.75, 3.05) is 12.4 Å². The zero-order valence-electron chi connectivity index (χ0n) is 11.7. The molecule has 2 heteroatoms. The summed E-state index contributed by atoms with van der Waals surface area (Å²) in [5, 5.41) is 3.62. The maximum Gasteiger partial charge on any atom is 0.119 e. The van der Waals surface area contributed by atoms with Crippen molar-refractivity contribution in [2.45, 2.75) is 26.3 Å². The molecule has 2 aromatic rings. The third-order valence-corrected chi connectivity index (χ3v) is 3.87. The molecule has 1 atom stereocenters. The van der Waals surface area contributed by atoms with Crippen LogP contribution in [0.2, 0.25) is 0 Å². The third kappa shape index (κ3) is 2.19. The van der Waals surface area contributed by atoms with Crippen LogP contribution in [0.5, 0.6) is 5.75 Å². The number of nitrogens with one attached hydrogen (secondary N) is 1. The number of hydrogen-bond acceptors (Lipinski definition) is 2. The molecule has 2 aromatic carbocycles. The van der Waals surface area contributed by atoms with E-state index in [-0.39, 0.29) is 0 Å². The lowest BCUT2D eigenvalue weighted by atomic mass is 9.98. The van der Waals surface area contributed by atoms with Gasteiger partial charge in [-0.25, -0.2) is 0 Å². The zero-order valence-corrected chi connectivity index (χ0v) is 11.7. The molecule has 1 unspecified atom stereocenters. The molecule has 3 rings (SSSR count). The van der Waals surface area contributed by atoms with E-state index in [0.29, 0.717) is 6.04 Å². The van der Waals surface area contributed by atoms with Crippen LogP contribution in [0.3, 0.4) is 0 Å². The Labute approximate surface area is 114 Å². The molecule has 2 nitrogen and oxygen atoms in total. The quantitative estimate of drug-likeness (QED) is 0.872. The summed E-state index contributed by atoms with van der Waals surface area (Å²) < 4.78 is 5.27. The van der Waals surface area contributed by atoms with Crippen molar-refractivity contribution < 1.29 is 4.74 Å². The molecule has 19 heavy (non-hydrogen) atoms. The second kappa shape index (κ2) is 4.61. The molecule has 0 fully saturated rings. The van der Waals surface area contributed by atoms with Crippen molar-refractivity contribution in [1.29, 1.82) is 0 Å². The summed E-state index contributed by atoms with van der Waals surface area (Å²) in [7, 11) is 1.71. The normalized spacial score (nSPS) is 16.9. The van der Waals surface area contributed by atoms with Crippen LogP contribution >= 0.6 is 0 Å². The lowest BCUT2D eigenvalue weighted by Gasteiger charge is -2.15. The summed E-state index contributed by atoms with van der Waals surface area (Å²) in [6.07, 6.45) is 1.06. The van der Waals surface area contributed by atoms with Gasteiger partial charge in [-0.3, -0.25) is 0 Å². The maximum absolute atomic E-state index is 5.27. The monoisotopic (exact) mass is 253 g/mol. The molecule has 0 saturated carbocycles. The van der Waals surface area contributed by atoms with Gasteiger partial charge in [0.05, 0.1) is 13.2 Å². The van der Waals surface area contributed by atoms with E-state index in [1.54, 1.807) is 7.11 Å². The predicted octanol–water partition coefficient (Wildman–Crippen LogP) is 4.02. The minimum Gasteiger partial charge on any atom is -0.497 e. The molecule has 1 aliphatic rings. The standard InChI is InChI=1S/C17H19NO/c1-11-4-7-16-13(8-11)10-17(18-16)15-6-5-14(19-3)9-12(15)2/h4-9,17-18H,10H2,1-3H3. The van der Waals surface area contributed by atoms with Crippen LogP contribution in [0.1, 0.15) is 28.3 Å². The van der Waals surface area contributed by atoms with E-state index in [0.717, 1.165) is 12.2 Å². The summed E-state index contributed by atoms with van der Waals surface area (Å²) in [5.74, 6) is 0.924. The number of hydrogen-bond donors (Lipinski definition) is 1. The van der Waals surface area contributed by atoms with Gasteiger partial charge in [0, 0.05) is 5.69 Å². The van der Waals surface area contributed by atoms with Gasteiger partial charge in [-0.1, -0.05) is 23.8 Å². The van der Waals surface area contributed by atoms with Crippen molar-refractivity contribution in [1.82, 2.24) is 0 Å². The minimum absolute atomic E-state index is 0.378. The molecule has 0 bridgehead atoms. The number of methoxy groups -OCH3 is 1. The highest BCUT2D eigenvalue weighted by atomic mass is 16.5. The fourth-order valence-corrected chi connectivity index (χ4v) is 2.84. The van der Waals surface area contributed by atoms with Crippen LogP contribution in [-0.4, -0.2) is 7.11 Å². The number of anilines is 1. The molecule has 0 amide bonds. The van der Waals surface area contributed by atoms with E-state index < -0.39 is 0 Å². The highest BCUT2D eigenvalue weighted by Crippen LogP contribution is 2.36. The molecule has 0 aromatic heterocycles. The molecule has 1 aliphatic heterocycles. The first-order valence-electron chi connectivity index (χ1n) is 6.68. The van der Waals surface area contributed by atoms with E-state index in [1.165, 1.54) is 27.9 Å². The lowest BCUT2D eigenvalue weighted by Crippen LogP contribution is -2.07. The van der Waals surface area contributed by atoms with E-state index in [4.69, 9.17) is 4.74 Å². The first kappa shape index (κ1) is 12.1. The van der Waals surface area contributed by atoms with Gasteiger partial charge in [0.25, 0.3) is 0 Å². The summed E-state index contributed by atoms with van der Waals surface area (Å²) >= 11 is 0. The first-order valence-corrected chi connectivity index (χ1v) is 6.68. The van der Waals surface area contributed by atoms with Crippen molar-refractivity contribution >= 4 is 5.69 Å². The molecule has 0 radical (unpaired) electrons. The molecular weight excluding hydrogens is 234 g/mol. The van der Waals surface area contributed by atoms with Crippen molar-refractivity contribution in [3.8, 4) is 5.75 Å². The van der Waals surface area contributed by atoms with Crippen molar-refractivity contribution in [3.05, 3.63) is 58.7 Å². The second-order valence-corrected chi connectivity index (χ2v) is 5.28. The Kier molecular flexibility index (Phi) is 2.94. The Balaban J connectivity index is 1.90. The number of ether oxygens (including phenoxy) is 1. The molecule has 0 spiro atoms.